The van der Waals surface area contributed by atoms with E-state index in [-0.39, 0.29) is 0 Å². The van der Waals surface area contributed by atoms with E-state index in [9.17, 15) is 0 Å². The number of rotatable bonds is 3. The Labute approximate surface area is 102 Å². The van der Waals surface area contributed by atoms with Gasteiger partial charge in [0.05, 0.1) is 12.7 Å². The lowest BCUT2D eigenvalue weighted by atomic mass is 9.98. The van der Waals surface area contributed by atoms with Crippen molar-refractivity contribution in [2.45, 2.75) is 19.8 Å². The minimum atomic E-state index is 0.573. The molecule has 1 aromatic rings. The Kier molecular flexibility index (Phi) is 3.78. The standard InChI is InChI=1S/C12H20N4O/c1-9-11(14-8-15-12(9)17-2)16-5-3-4-10(6-13)7-16/h8,10H,3-7,13H2,1-2H3. The van der Waals surface area contributed by atoms with Crippen LogP contribution in [-0.2, 0) is 0 Å². The number of methoxy groups -OCH3 is 1. The summed E-state index contributed by atoms with van der Waals surface area (Å²) in [6.07, 6.45) is 3.95. The molecule has 17 heavy (non-hydrogen) atoms. The van der Waals surface area contributed by atoms with E-state index in [1.165, 1.54) is 12.8 Å². The van der Waals surface area contributed by atoms with Gasteiger partial charge in [-0.05, 0) is 32.2 Å². The summed E-state index contributed by atoms with van der Waals surface area (Å²) in [5, 5.41) is 0. The summed E-state index contributed by atoms with van der Waals surface area (Å²) in [6, 6.07) is 0. The van der Waals surface area contributed by atoms with Gasteiger partial charge in [0.25, 0.3) is 0 Å². The van der Waals surface area contributed by atoms with Gasteiger partial charge in [-0.2, -0.15) is 0 Å². The first-order chi connectivity index (χ1) is 8.26. The van der Waals surface area contributed by atoms with Crippen LogP contribution in [0.15, 0.2) is 6.33 Å². The predicted molar refractivity (Wildman–Crippen MR) is 67.3 cm³/mol. The molecule has 94 valence electrons. The van der Waals surface area contributed by atoms with Crippen LogP contribution in [0.25, 0.3) is 0 Å². The van der Waals surface area contributed by atoms with Crippen LogP contribution in [-0.4, -0.2) is 36.7 Å². The van der Waals surface area contributed by atoms with Crippen LogP contribution in [0.4, 0.5) is 5.82 Å². The Bertz CT molecular complexity index is 383. The molecule has 0 saturated carbocycles. The Balaban J connectivity index is 2.21. The number of ether oxygens (including phenoxy) is 1. The monoisotopic (exact) mass is 236 g/mol. The quantitative estimate of drug-likeness (QED) is 0.847. The normalized spacial score (nSPS) is 20.4. The van der Waals surface area contributed by atoms with Crippen LogP contribution in [0, 0.1) is 12.8 Å². The molecule has 2 rings (SSSR count). The summed E-state index contributed by atoms with van der Waals surface area (Å²) in [7, 11) is 1.64. The number of nitrogens with two attached hydrogens (primary N) is 1. The second-order valence-electron chi connectivity index (χ2n) is 4.52. The third-order valence-electron chi connectivity index (χ3n) is 3.36. The number of anilines is 1. The first-order valence-electron chi connectivity index (χ1n) is 6.07. The van der Waals surface area contributed by atoms with Crippen LogP contribution in [0.5, 0.6) is 5.88 Å². The van der Waals surface area contributed by atoms with E-state index in [1.807, 2.05) is 6.92 Å². The Morgan fingerprint density at radius 3 is 3.06 bits per heavy atom. The molecule has 1 fully saturated rings. The van der Waals surface area contributed by atoms with E-state index in [4.69, 9.17) is 10.5 Å². The zero-order valence-electron chi connectivity index (χ0n) is 10.5. The number of nitrogens with zero attached hydrogens (tertiary/aromatic N) is 3. The average Bonchev–Trinajstić information content (AvgIpc) is 2.39. The molecule has 1 atom stereocenters. The van der Waals surface area contributed by atoms with Crippen molar-refractivity contribution in [2.24, 2.45) is 11.7 Å². The van der Waals surface area contributed by atoms with Crippen molar-refractivity contribution in [3.05, 3.63) is 11.9 Å². The Morgan fingerprint density at radius 1 is 1.53 bits per heavy atom. The summed E-state index contributed by atoms with van der Waals surface area (Å²) < 4.78 is 5.23. The van der Waals surface area contributed by atoms with Crippen LogP contribution >= 0.6 is 0 Å². The van der Waals surface area contributed by atoms with Crippen molar-refractivity contribution in [3.63, 3.8) is 0 Å². The molecule has 1 aliphatic rings. The Morgan fingerprint density at radius 2 is 2.35 bits per heavy atom. The fourth-order valence-electron chi connectivity index (χ4n) is 2.40. The number of aromatic nitrogens is 2. The second-order valence-corrected chi connectivity index (χ2v) is 4.52. The van der Waals surface area contributed by atoms with Crippen molar-refractivity contribution in [1.29, 1.82) is 0 Å². The molecule has 1 aliphatic heterocycles. The van der Waals surface area contributed by atoms with Gasteiger partial charge in [-0.3, -0.25) is 0 Å². The van der Waals surface area contributed by atoms with Gasteiger partial charge in [-0.15, -0.1) is 0 Å². The number of hydrogen-bond donors (Lipinski definition) is 1. The van der Waals surface area contributed by atoms with Crippen molar-refractivity contribution >= 4 is 5.82 Å². The van der Waals surface area contributed by atoms with Gasteiger partial charge in [0.1, 0.15) is 12.1 Å². The van der Waals surface area contributed by atoms with Crippen molar-refractivity contribution in [1.82, 2.24) is 9.97 Å². The third-order valence-corrected chi connectivity index (χ3v) is 3.36. The van der Waals surface area contributed by atoms with Gasteiger partial charge in [-0.25, -0.2) is 9.97 Å². The molecule has 1 aromatic heterocycles. The third kappa shape index (κ3) is 2.49. The van der Waals surface area contributed by atoms with Crippen molar-refractivity contribution < 1.29 is 4.74 Å². The lowest BCUT2D eigenvalue weighted by Gasteiger charge is -2.33. The Hall–Kier alpha value is -1.36. The average molecular weight is 236 g/mol. The van der Waals surface area contributed by atoms with E-state index in [0.29, 0.717) is 11.8 Å². The highest BCUT2D eigenvalue weighted by Gasteiger charge is 2.22. The summed E-state index contributed by atoms with van der Waals surface area (Å²) in [5.74, 6) is 2.21. The van der Waals surface area contributed by atoms with E-state index >= 15 is 0 Å². The fourth-order valence-corrected chi connectivity index (χ4v) is 2.40. The highest BCUT2D eigenvalue weighted by Crippen LogP contribution is 2.27. The van der Waals surface area contributed by atoms with E-state index in [2.05, 4.69) is 14.9 Å². The molecule has 2 N–H and O–H groups in total. The maximum atomic E-state index is 5.75. The van der Waals surface area contributed by atoms with Gasteiger partial charge in [0, 0.05) is 13.1 Å². The van der Waals surface area contributed by atoms with Gasteiger partial charge in [0.15, 0.2) is 0 Å². The zero-order chi connectivity index (χ0) is 12.3. The van der Waals surface area contributed by atoms with Crippen LogP contribution in [0.3, 0.4) is 0 Å². The number of hydrogen-bond acceptors (Lipinski definition) is 5. The summed E-state index contributed by atoms with van der Waals surface area (Å²) in [5.41, 5.74) is 6.76. The van der Waals surface area contributed by atoms with Crippen LogP contribution < -0.4 is 15.4 Å². The summed E-state index contributed by atoms with van der Waals surface area (Å²) in [4.78, 5) is 10.8. The zero-order valence-corrected chi connectivity index (χ0v) is 10.5. The first-order valence-corrected chi connectivity index (χ1v) is 6.07. The molecule has 2 heterocycles. The van der Waals surface area contributed by atoms with Gasteiger partial charge in [0.2, 0.25) is 5.88 Å². The maximum absolute atomic E-state index is 5.75. The highest BCUT2D eigenvalue weighted by atomic mass is 16.5. The van der Waals surface area contributed by atoms with Crippen molar-refractivity contribution in [3.8, 4) is 5.88 Å². The van der Waals surface area contributed by atoms with Crippen molar-refractivity contribution in [2.75, 3.05) is 31.6 Å². The molecule has 0 amide bonds. The largest absolute Gasteiger partial charge is 0.481 e. The molecular weight excluding hydrogens is 216 g/mol. The summed E-state index contributed by atoms with van der Waals surface area (Å²) in [6.45, 7) is 4.77. The molecular formula is C12H20N4O. The second kappa shape index (κ2) is 5.31. The SMILES string of the molecule is COc1ncnc(N2CCCC(CN)C2)c1C. The van der Waals surface area contributed by atoms with Crippen LogP contribution in [0.2, 0.25) is 0 Å². The molecule has 1 unspecified atom stereocenters. The smallest absolute Gasteiger partial charge is 0.221 e. The van der Waals surface area contributed by atoms with Gasteiger partial charge < -0.3 is 15.4 Å². The van der Waals surface area contributed by atoms with E-state index < -0.39 is 0 Å². The topological polar surface area (TPSA) is 64.3 Å². The minimum absolute atomic E-state index is 0.573. The molecule has 0 radical (unpaired) electrons. The molecule has 0 aliphatic carbocycles. The van der Waals surface area contributed by atoms with E-state index in [1.54, 1.807) is 13.4 Å². The van der Waals surface area contributed by atoms with Gasteiger partial charge >= 0.3 is 0 Å². The number of piperidine rings is 1. The molecule has 1 saturated heterocycles. The molecule has 0 aromatic carbocycles. The first kappa shape index (κ1) is 12.1. The maximum Gasteiger partial charge on any atom is 0.221 e. The minimum Gasteiger partial charge on any atom is -0.481 e. The van der Waals surface area contributed by atoms with Gasteiger partial charge in [-0.1, -0.05) is 0 Å². The molecule has 0 bridgehead atoms. The van der Waals surface area contributed by atoms with Crippen LogP contribution in [0.1, 0.15) is 18.4 Å². The summed E-state index contributed by atoms with van der Waals surface area (Å²) >= 11 is 0. The molecule has 5 heteroatoms. The predicted octanol–water partition coefficient (Wildman–Crippen LogP) is 0.969. The molecule has 0 spiro atoms. The lowest BCUT2D eigenvalue weighted by molar-refractivity contribution is 0.390. The lowest BCUT2D eigenvalue weighted by Crippen LogP contribution is -2.39. The van der Waals surface area contributed by atoms with E-state index in [0.717, 1.165) is 31.0 Å². The highest BCUT2D eigenvalue weighted by molar-refractivity contribution is 5.50. The molecule has 5 nitrogen and oxygen atoms in total. The fraction of sp³-hybridized carbons (Fsp3) is 0.667.